The summed E-state index contributed by atoms with van der Waals surface area (Å²) < 4.78 is 5.29. The summed E-state index contributed by atoms with van der Waals surface area (Å²) in [6.07, 6.45) is 0.425. The minimum atomic E-state index is -0.548. The van der Waals surface area contributed by atoms with Gasteiger partial charge in [0.2, 0.25) is 5.89 Å². The maximum Gasteiger partial charge on any atom is 0.283 e. The first-order valence-electron chi connectivity index (χ1n) is 5.08. The lowest BCUT2D eigenvalue weighted by atomic mass is 10.2. The van der Waals surface area contributed by atoms with Gasteiger partial charge < -0.3 is 10.2 Å². The molecule has 0 spiro atoms. The Hall–Kier alpha value is -1.99. The number of nitrogens with zero attached hydrogens (tertiary/aromatic N) is 3. The average molecular weight is 269 g/mol. The summed E-state index contributed by atoms with van der Waals surface area (Å²) >= 11 is 5.72. The number of nitrogens with two attached hydrogens (primary N) is 1. The van der Waals surface area contributed by atoms with E-state index in [4.69, 9.17) is 21.8 Å². The summed E-state index contributed by atoms with van der Waals surface area (Å²) in [4.78, 5) is 10.4. The van der Waals surface area contributed by atoms with E-state index in [0.717, 1.165) is 0 Å². The zero-order valence-electron chi connectivity index (χ0n) is 9.17. The fraction of sp³-hybridized carbons (Fsp3) is 0.200. The SMILES string of the molecule is NCCc1nnc(-c2ccc(Cl)cc2[N+](=O)[O-])o1. The Morgan fingerprint density at radius 1 is 1.44 bits per heavy atom. The van der Waals surface area contributed by atoms with E-state index in [1.54, 1.807) is 0 Å². The molecule has 0 saturated heterocycles. The van der Waals surface area contributed by atoms with Gasteiger partial charge in [-0.2, -0.15) is 0 Å². The molecule has 0 aliphatic carbocycles. The van der Waals surface area contributed by atoms with Gasteiger partial charge in [-0.15, -0.1) is 10.2 Å². The van der Waals surface area contributed by atoms with Crippen LogP contribution in [0.5, 0.6) is 0 Å². The molecule has 0 atom stereocenters. The molecule has 1 aromatic heterocycles. The molecule has 2 aromatic rings. The predicted octanol–water partition coefficient (Wildman–Crippen LogP) is 1.80. The van der Waals surface area contributed by atoms with Crippen molar-refractivity contribution >= 4 is 17.3 Å². The number of nitro benzene ring substituents is 1. The molecule has 8 heteroatoms. The van der Waals surface area contributed by atoms with Crippen LogP contribution in [-0.4, -0.2) is 21.7 Å². The van der Waals surface area contributed by atoms with Crippen molar-refractivity contribution in [2.75, 3.05) is 6.54 Å². The summed E-state index contributed by atoms with van der Waals surface area (Å²) in [5.74, 6) is 0.429. The highest BCUT2D eigenvalue weighted by atomic mass is 35.5. The first-order valence-corrected chi connectivity index (χ1v) is 5.46. The monoisotopic (exact) mass is 268 g/mol. The van der Waals surface area contributed by atoms with Crippen LogP contribution >= 0.6 is 11.6 Å². The highest BCUT2D eigenvalue weighted by Crippen LogP contribution is 2.31. The summed E-state index contributed by atoms with van der Waals surface area (Å²) in [5.41, 5.74) is 5.41. The molecule has 94 valence electrons. The second-order valence-corrected chi connectivity index (χ2v) is 3.89. The van der Waals surface area contributed by atoms with Gasteiger partial charge in [0, 0.05) is 24.1 Å². The molecule has 7 nitrogen and oxygen atoms in total. The molecule has 0 aliphatic heterocycles. The van der Waals surface area contributed by atoms with Crippen LogP contribution in [0.1, 0.15) is 5.89 Å². The number of benzene rings is 1. The molecule has 0 saturated carbocycles. The van der Waals surface area contributed by atoms with Crippen molar-refractivity contribution in [1.29, 1.82) is 0 Å². The van der Waals surface area contributed by atoms with Crippen molar-refractivity contribution in [3.05, 3.63) is 39.2 Å². The van der Waals surface area contributed by atoms with Crippen LogP contribution in [0.25, 0.3) is 11.5 Å². The van der Waals surface area contributed by atoms with E-state index in [0.29, 0.717) is 18.9 Å². The Morgan fingerprint density at radius 3 is 2.89 bits per heavy atom. The minimum absolute atomic E-state index is 0.0850. The van der Waals surface area contributed by atoms with Crippen molar-refractivity contribution in [2.24, 2.45) is 5.73 Å². The van der Waals surface area contributed by atoms with Gasteiger partial charge in [-0.05, 0) is 12.1 Å². The molecule has 0 fully saturated rings. The van der Waals surface area contributed by atoms with Crippen LogP contribution in [0.3, 0.4) is 0 Å². The highest BCUT2D eigenvalue weighted by molar-refractivity contribution is 6.30. The quantitative estimate of drug-likeness (QED) is 0.669. The zero-order chi connectivity index (χ0) is 13.1. The largest absolute Gasteiger partial charge is 0.420 e. The lowest BCUT2D eigenvalue weighted by Crippen LogP contribution is -2.02. The number of aromatic nitrogens is 2. The van der Waals surface area contributed by atoms with Crippen LogP contribution in [0.4, 0.5) is 5.69 Å². The Bertz CT molecular complexity index is 584. The molecule has 0 amide bonds. The van der Waals surface area contributed by atoms with Crippen molar-refractivity contribution in [2.45, 2.75) is 6.42 Å². The molecule has 0 unspecified atom stereocenters. The van der Waals surface area contributed by atoms with E-state index >= 15 is 0 Å². The number of hydrogen-bond donors (Lipinski definition) is 1. The molecule has 2 N–H and O–H groups in total. The van der Waals surface area contributed by atoms with Gasteiger partial charge >= 0.3 is 0 Å². The van der Waals surface area contributed by atoms with Crippen molar-refractivity contribution in [1.82, 2.24) is 10.2 Å². The van der Waals surface area contributed by atoms with Gasteiger partial charge in [-0.25, -0.2) is 0 Å². The maximum absolute atomic E-state index is 10.9. The fourth-order valence-corrected chi connectivity index (χ4v) is 1.59. The number of rotatable bonds is 4. The van der Waals surface area contributed by atoms with E-state index in [-0.39, 0.29) is 22.2 Å². The van der Waals surface area contributed by atoms with E-state index in [2.05, 4.69) is 10.2 Å². The Morgan fingerprint density at radius 2 is 2.22 bits per heavy atom. The fourth-order valence-electron chi connectivity index (χ4n) is 1.42. The van der Waals surface area contributed by atoms with Gasteiger partial charge in [0.25, 0.3) is 11.6 Å². The maximum atomic E-state index is 10.9. The number of halogens is 1. The zero-order valence-corrected chi connectivity index (χ0v) is 9.92. The Kier molecular flexibility index (Phi) is 3.54. The van der Waals surface area contributed by atoms with Crippen molar-refractivity contribution in [3.8, 4) is 11.5 Å². The third kappa shape index (κ3) is 2.47. The lowest BCUT2D eigenvalue weighted by molar-refractivity contribution is -0.384. The summed E-state index contributed by atoms with van der Waals surface area (Å²) in [5, 5.41) is 18.7. The molecule has 0 radical (unpaired) electrons. The van der Waals surface area contributed by atoms with Crippen molar-refractivity contribution in [3.63, 3.8) is 0 Å². The van der Waals surface area contributed by atoms with E-state index < -0.39 is 4.92 Å². The Labute approximate surface area is 107 Å². The van der Waals surface area contributed by atoms with Crippen LogP contribution in [-0.2, 0) is 6.42 Å². The van der Waals surface area contributed by atoms with E-state index in [1.807, 2.05) is 0 Å². The summed E-state index contributed by atoms with van der Waals surface area (Å²) in [6.45, 7) is 0.365. The molecular weight excluding hydrogens is 260 g/mol. The van der Waals surface area contributed by atoms with Crippen LogP contribution in [0.2, 0.25) is 5.02 Å². The number of hydrogen-bond acceptors (Lipinski definition) is 6. The molecular formula is C10H9ClN4O3. The number of nitro groups is 1. The normalized spacial score (nSPS) is 10.6. The van der Waals surface area contributed by atoms with Crippen LogP contribution in [0.15, 0.2) is 22.6 Å². The molecule has 0 aliphatic rings. The predicted molar refractivity (Wildman–Crippen MR) is 64.2 cm³/mol. The van der Waals surface area contributed by atoms with E-state index in [1.165, 1.54) is 18.2 Å². The van der Waals surface area contributed by atoms with E-state index in [9.17, 15) is 10.1 Å². The van der Waals surface area contributed by atoms with Crippen LogP contribution in [0, 0.1) is 10.1 Å². The van der Waals surface area contributed by atoms with Crippen LogP contribution < -0.4 is 5.73 Å². The lowest BCUT2D eigenvalue weighted by Gasteiger charge is -1.98. The second kappa shape index (κ2) is 5.11. The van der Waals surface area contributed by atoms with Gasteiger partial charge in [-0.1, -0.05) is 11.6 Å². The van der Waals surface area contributed by atoms with Gasteiger partial charge in [0.15, 0.2) is 0 Å². The standard InChI is InChI=1S/C10H9ClN4O3/c11-6-1-2-7(8(5-6)15(16)17)10-14-13-9(18-10)3-4-12/h1-2,5H,3-4,12H2. The second-order valence-electron chi connectivity index (χ2n) is 3.46. The smallest absolute Gasteiger partial charge is 0.283 e. The third-order valence-electron chi connectivity index (χ3n) is 2.21. The minimum Gasteiger partial charge on any atom is -0.420 e. The van der Waals surface area contributed by atoms with Gasteiger partial charge in [0.1, 0.15) is 5.56 Å². The third-order valence-corrected chi connectivity index (χ3v) is 2.45. The first kappa shape index (κ1) is 12.5. The van der Waals surface area contributed by atoms with Crippen molar-refractivity contribution < 1.29 is 9.34 Å². The first-order chi connectivity index (χ1) is 8.61. The molecule has 1 heterocycles. The highest BCUT2D eigenvalue weighted by Gasteiger charge is 2.20. The molecule has 0 bridgehead atoms. The average Bonchev–Trinajstić information content (AvgIpc) is 2.78. The van der Waals surface area contributed by atoms with Gasteiger partial charge in [0.05, 0.1) is 4.92 Å². The molecule has 1 aromatic carbocycles. The summed E-state index contributed by atoms with van der Waals surface area (Å²) in [6, 6.07) is 4.24. The topological polar surface area (TPSA) is 108 Å². The molecule has 2 rings (SSSR count). The Balaban J connectivity index is 2.45. The summed E-state index contributed by atoms with van der Waals surface area (Å²) in [7, 11) is 0. The van der Waals surface area contributed by atoms with Gasteiger partial charge in [-0.3, -0.25) is 10.1 Å². The molecule has 18 heavy (non-hydrogen) atoms.